The van der Waals surface area contributed by atoms with Gasteiger partial charge in [0.1, 0.15) is 5.75 Å². The molecule has 116 valence electrons. The van der Waals surface area contributed by atoms with Crippen LogP contribution in [0.15, 0.2) is 24.3 Å². The van der Waals surface area contributed by atoms with Gasteiger partial charge >= 0.3 is 0 Å². The standard InChI is InChI=1S/C17H25NO3/c1-5-20-16-9-7-6-8-14(16)15(19)11-18-10-13(2)21-17(3,4)12-18/h6-9,13H,5,10-12H2,1-4H3. The lowest BCUT2D eigenvalue weighted by atomic mass is 10.0. The molecule has 1 aliphatic heterocycles. The van der Waals surface area contributed by atoms with Crippen LogP contribution in [-0.2, 0) is 4.74 Å². The summed E-state index contributed by atoms with van der Waals surface area (Å²) in [5, 5.41) is 0. The molecule has 0 N–H and O–H groups in total. The molecule has 0 aliphatic carbocycles. The zero-order valence-electron chi connectivity index (χ0n) is 13.4. The molecule has 21 heavy (non-hydrogen) atoms. The first-order chi connectivity index (χ1) is 9.91. The van der Waals surface area contributed by atoms with Gasteiger partial charge in [-0.3, -0.25) is 9.69 Å². The quantitative estimate of drug-likeness (QED) is 0.782. The number of nitrogens with zero attached hydrogens (tertiary/aromatic N) is 1. The molecule has 0 amide bonds. The number of hydrogen-bond acceptors (Lipinski definition) is 4. The van der Waals surface area contributed by atoms with Crippen molar-refractivity contribution in [2.24, 2.45) is 0 Å². The van der Waals surface area contributed by atoms with Crippen molar-refractivity contribution < 1.29 is 14.3 Å². The Kier molecular flexibility index (Phi) is 5.01. The van der Waals surface area contributed by atoms with Gasteiger partial charge in [0, 0.05) is 13.1 Å². The Labute approximate surface area is 127 Å². The number of Topliss-reactive ketones (excluding diaryl/α,β-unsaturated/α-hetero) is 1. The molecule has 1 atom stereocenters. The van der Waals surface area contributed by atoms with Crippen LogP contribution in [0.2, 0.25) is 0 Å². The highest BCUT2D eigenvalue weighted by Gasteiger charge is 2.32. The van der Waals surface area contributed by atoms with Crippen LogP contribution in [0, 0.1) is 0 Å². The fourth-order valence-electron chi connectivity index (χ4n) is 2.97. The minimum atomic E-state index is -0.211. The number of ketones is 1. The van der Waals surface area contributed by atoms with E-state index in [2.05, 4.69) is 18.7 Å². The van der Waals surface area contributed by atoms with Gasteiger partial charge in [0.05, 0.1) is 30.4 Å². The van der Waals surface area contributed by atoms with Crippen LogP contribution in [0.25, 0.3) is 0 Å². The lowest BCUT2D eigenvalue weighted by Gasteiger charge is -2.41. The zero-order chi connectivity index (χ0) is 15.5. The van der Waals surface area contributed by atoms with Crippen LogP contribution in [0.1, 0.15) is 38.1 Å². The average molecular weight is 291 g/mol. The van der Waals surface area contributed by atoms with Gasteiger partial charge in [-0.05, 0) is 39.8 Å². The van der Waals surface area contributed by atoms with E-state index in [9.17, 15) is 4.79 Å². The highest BCUT2D eigenvalue weighted by molar-refractivity contribution is 6.00. The van der Waals surface area contributed by atoms with E-state index >= 15 is 0 Å². The molecule has 1 saturated heterocycles. The van der Waals surface area contributed by atoms with E-state index in [0.717, 1.165) is 13.1 Å². The van der Waals surface area contributed by atoms with Crippen LogP contribution in [0.4, 0.5) is 0 Å². The fraction of sp³-hybridized carbons (Fsp3) is 0.588. The number of hydrogen-bond donors (Lipinski definition) is 0. The topological polar surface area (TPSA) is 38.8 Å². The van der Waals surface area contributed by atoms with Gasteiger partial charge in [-0.25, -0.2) is 0 Å². The summed E-state index contributed by atoms with van der Waals surface area (Å²) < 4.78 is 11.4. The molecule has 0 bridgehead atoms. The second kappa shape index (κ2) is 6.58. The van der Waals surface area contributed by atoms with E-state index in [4.69, 9.17) is 9.47 Å². The number of carbonyl (C=O) groups is 1. The molecule has 2 rings (SSSR count). The number of morpholine rings is 1. The van der Waals surface area contributed by atoms with Crippen molar-refractivity contribution in [2.45, 2.75) is 39.4 Å². The monoisotopic (exact) mass is 291 g/mol. The summed E-state index contributed by atoms with van der Waals surface area (Å²) in [6, 6.07) is 7.45. The van der Waals surface area contributed by atoms with E-state index in [1.165, 1.54) is 0 Å². The summed E-state index contributed by atoms with van der Waals surface area (Å²) in [7, 11) is 0. The Morgan fingerprint density at radius 1 is 1.43 bits per heavy atom. The number of carbonyl (C=O) groups excluding carboxylic acids is 1. The van der Waals surface area contributed by atoms with Crippen molar-refractivity contribution in [1.29, 1.82) is 0 Å². The van der Waals surface area contributed by atoms with Crippen molar-refractivity contribution in [2.75, 3.05) is 26.2 Å². The molecular weight excluding hydrogens is 266 g/mol. The summed E-state index contributed by atoms with van der Waals surface area (Å²) in [5.74, 6) is 0.773. The third-order valence-corrected chi connectivity index (χ3v) is 3.49. The normalized spacial score (nSPS) is 22.0. The molecule has 0 aromatic heterocycles. The summed E-state index contributed by atoms with van der Waals surface area (Å²) in [6.07, 6.45) is 0.142. The van der Waals surface area contributed by atoms with Gasteiger partial charge in [0.2, 0.25) is 0 Å². The average Bonchev–Trinajstić information content (AvgIpc) is 2.37. The highest BCUT2D eigenvalue weighted by Crippen LogP contribution is 2.23. The summed E-state index contributed by atoms with van der Waals surface area (Å²) in [5.41, 5.74) is 0.452. The summed E-state index contributed by atoms with van der Waals surface area (Å²) >= 11 is 0. The van der Waals surface area contributed by atoms with E-state index < -0.39 is 0 Å². The van der Waals surface area contributed by atoms with E-state index in [1.807, 2.05) is 38.1 Å². The number of ether oxygens (including phenoxy) is 2. The maximum Gasteiger partial charge on any atom is 0.180 e. The second-order valence-corrected chi connectivity index (χ2v) is 6.21. The van der Waals surface area contributed by atoms with Crippen LogP contribution >= 0.6 is 0 Å². The molecule has 1 aliphatic rings. The summed E-state index contributed by atoms with van der Waals surface area (Å²) in [6.45, 7) is 10.6. The van der Waals surface area contributed by atoms with Gasteiger partial charge in [-0.2, -0.15) is 0 Å². The van der Waals surface area contributed by atoms with Crippen molar-refractivity contribution in [3.8, 4) is 5.75 Å². The first kappa shape index (κ1) is 16.0. The van der Waals surface area contributed by atoms with Gasteiger partial charge in [-0.1, -0.05) is 12.1 Å². The minimum Gasteiger partial charge on any atom is -0.493 e. The largest absolute Gasteiger partial charge is 0.493 e. The van der Waals surface area contributed by atoms with E-state index in [0.29, 0.717) is 24.5 Å². The fourth-order valence-corrected chi connectivity index (χ4v) is 2.97. The Morgan fingerprint density at radius 2 is 2.14 bits per heavy atom. The zero-order valence-corrected chi connectivity index (χ0v) is 13.4. The Balaban J connectivity index is 2.08. The van der Waals surface area contributed by atoms with Crippen molar-refractivity contribution in [3.05, 3.63) is 29.8 Å². The molecule has 1 unspecified atom stereocenters. The molecule has 4 nitrogen and oxygen atoms in total. The molecular formula is C17H25NO3. The minimum absolute atomic E-state index is 0.101. The van der Waals surface area contributed by atoms with Gasteiger partial charge in [0.25, 0.3) is 0 Å². The predicted molar refractivity (Wildman–Crippen MR) is 83.0 cm³/mol. The first-order valence-electron chi connectivity index (χ1n) is 7.56. The molecule has 0 spiro atoms. The summed E-state index contributed by atoms with van der Waals surface area (Å²) in [4.78, 5) is 14.7. The first-order valence-corrected chi connectivity index (χ1v) is 7.56. The number of benzene rings is 1. The lowest BCUT2D eigenvalue weighted by molar-refractivity contribution is -0.126. The number of para-hydroxylation sites is 1. The van der Waals surface area contributed by atoms with Crippen LogP contribution in [0.3, 0.4) is 0 Å². The highest BCUT2D eigenvalue weighted by atomic mass is 16.5. The van der Waals surface area contributed by atoms with Gasteiger partial charge in [-0.15, -0.1) is 0 Å². The molecule has 4 heteroatoms. The SMILES string of the molecule is CCOc1ccccc1C(=O)CN1CC(C)OC(C)(C)C1. The van der Waals surface area contributed by atoms with Crippen molar-refractivity contribution >= 4 is 5.78 Å². The molecule has 1 heterocycles. The van der Waals surface area contributed by atoms with Gasteiger partial charge in [0.15, 0.2) is 5.78 Å². The third-order valence-electron chi connectivity index (χ3n) is 3.49. The Morgan fingerprint density at radius 3 is 2.81 bits per heavy atom. The van der Waals surface area contributed by atoms with Crippen LogP contribution in [-0.4, -0.2) is 48.6 Å². The predicted octanol–water partition coefficient (Wildman–Crippen LogP) is 2.77. The molecule has 1 aromatic carbocycles. The van der Waals surface area contributed by atoms with Crippen molar-refractivity contribution in [1.82, 2.24) is 4.90 Å². The molecule has 1 fully saturated rings. The Bertz CT molecular complexity index is 499. The molecule has 1 aromatic rings. The van der Waals surface area contributed by atoms with Crippen LogP contribution < -0.4 is 4.74 Å². The third kappa shape index (κ3) is 4.29. The molecule has 0 saturated carbocycles. The smallest absolute Gasteiger partial charge is 0.180 e. The van der Waals surface area contributed by atoms with E-state index in [1.54, 1.807) is 0 Å². The van der Waals surface area contributed by atoms with Gasteiger partial charge < -0.3 is 9.47 Å². The maximum absolute atomic E-state index is 12.6. The maximum atomic E-state index is 12.6. The molecule has 0 radical (unpaired) electrons. The van der Waals surface area contributed by atoms with Crippen LogP contribution in [0.5, 0.6) is 5.75 Å². The Hall–Kier alpha value is -1.39. The second-order valence-electron chi connectivity index (χ2n) is 6.21. The lowest BCUT2D eigenvalue weighted by Crippen LogP contribution is -2.53. The van der Waals surface area contributed by atoms with E-state index in [-0.39, 0.29) is 17.5 Å². The van der Waals surface area contributed by atoms with Crippen molar-refractivity contribution in [3.63, 3.8) is 0 Å². The number of rotatable bonds is 5.